The fourth-order valence-electron chi connectivity index (χ4n) is 2.77. The second-order valence-electron chi connectivity index (χ2n) is 6.31. The molecule has 1 N–H and O–H groups in total. The maximum Gasteiger partial charge on any atom is 0.226 e. The Balaban J connectivity index is 1.42. The summed E-state index contributed by atoms with van der Waals surface area (Å²) in [5.74, 6) is 0.481. The topological polar surface area (TPSA) is 77.2 Å². The number of methoxy groups -OCH3 is 1. The molecule has 0 radical (unpaired) electrons. The standard InChI is InChI=1S/C21H22FN3O3/c1-27-18(15-6-3-2-4-7-15)14-23-19(26)8-5-9-20-24-21(25-28-20)16-10-12-17(22)13-11-16/h2-4,6-7,10-13,18H,5,8-9,14H2,1H3,(H,23,26). The third-order valence-electron chi connectivity index (χ3n) is 4.31. The van der Waals surface area contributed by atoms with Gasteiger partial charge in [-0.25, -0.2) is 4.39 Å². The van der Waals surface area contributed by atoms with Gasteiger partial charge in [0.05, 0.1) is 6.10 Å². The molecule has 1 atom stereocenters. The molecule has 1 amide bonds. The molecule has 1 unspecified atom stereocenters. The summed E-state index contributed by atoms with van der Waals surface area (Å²) in [6.07, 6.45) is 1.24. The summed E-state index contributed by atoms with van der Waals surface area (Å²) in [6.45, 7) is 0.411. The summed E-state index contributed by atoms with van der Waals surface area (Å²) in [4.78, 5) is 16.4. The normalized spacial score (nSPS) is 11.9. The lowest BCUT2D eigenvalue weighted by atomic mass is 10.1. The highest BCUT2D eigenvalue weighted by Crippen LogP contribution is 2.17. The van der Waals surface area contributed by atoms with Crippen LogP contribution in [-0.2, 0) is 16.0 Å². The van der Waals surface area contributed by atoms with Crippen LogP contribution in [0.15, 0.2) is 59.1 Å². The number of nitrogens with one attached hydrogen (secondary N) is 1. The lowest BCUT2D eigenvalue weighted by Crippen LogP contribution is -2.29. The van der Waals surface area contributed by atoms with Crippen LogP contribution in [0.1, 0.15) is 30.4 Å². The highest BCUT2D eigenvalue weighted by atomic mass is 19.1. The number of hydrogen-bond donors (Lipinski definition) is 1. The number of nitrogens with zero attached hydrogens (tertiary/aromatic N) is 2. The minimum Gasteiger partial charge on any atom is -0.375 e. The Morgan fingerprint density at radius 2 is 1.93 bits per heavy atom. The van der Waals surface area contributed by atoms with Crippen LogP contribution in [0.5, 0.6) is 0 Å². The summed E-state index contributed by atoms with van der Waals surface area (Å²) in [6, 6.07) is 15.6. The summed E-state index contributed by atoms with van der Waals surface area (Å²) in [5, 5.41) is 6.78. The average Bonchev–Trinajstić information content (AvgIpc) is 3.19. The third kappa shape index (κ3) is 5.47. The summed E-state index contributed by atoms with van der Waals surface area (Å²) < 4.78 is 23.6. The predicted octanol–water partition coefficient (Wildman–Crippen LogP) is 3.70. The summed E-state index contributed by atoms with van der Waals surface area (Å²) in [5.41, 5.74) is 1.70. The molecule has 2 aromatic carbocycles. The van der Waals surface area contributed by atoms with Gasteiger partial charge >= 0.3 is 0 Å². The summed E-state index contributed by atoms with van der Waals surface area (Å²) >= 11 is 0. The van der Waals surface area contributed by atoms with Crippen LogP contribution in [0, 0.1) is 5.82 Å². The van der Waals surface area contributed by atoms with Gasteiger partial charge in [0.1, 0.15) is 5.82 Å². The zero-order valence-electron chi connectivity index (χ0n) is 15.6. The van der Waals surface area contributed by atoms with Crippen molar-refractivity contribution in [3.8, 4) is 11.4 Å². The van der Waals surface area contributed by atoms with E-state index in [1.54, 1.807) is 19.2 Å². The van der Waals surface area contributed by atoms with Crippen molar-refractivity contribution in [3.63, 3.8) is 0 Å². The Morgan fingerprint density at radius 3 is 2.64 bits per heavy atom. The smallest absolute Gasteiger partial charge is 0.226 e. The predicted molar refractivity (Wildman–Crippen MR) is 102 cm³/mol. The quantitative estimate of drug-likeness (QED) is 0.610. The highest BCUT2D eigenvalue weighted by Gasteiger charge is 2.13. The molecule has 0 aliphatic carbocycles. The van der Waals surface area contributed by atoms with Crippen molar-refractivity contribution in [2.45, 2.75) is 25.4 Å². The minimum absolute atomic E-state index is 0.0590. The number of benzene rings is 2. The lowest BCUT2D eigenvalue weighted by molar-refractivity contribution is -0.121. The van der Waals surface area contributed by atoms with E-state index in [-0.39, 0.29) is 17.8 Å². The molecule has 0 bridgehead atoms. The fraction of sp³-hybridized carbons (Fsp3) is 0.286. The van der Waals surface area contributed by atoms with Gasteiger partial charge in [-0.15, -0.1) is 0 Å². The van der Waals surface area contributed by atoms with Crippen LogP contribution in [-0.4, -0.2) is 29.7 Å². The first-order chi connectivity index (χ1) is 13.7. The first kappa shape index (κ1) is 19.7. The number of halogens is 1. The number of carbonyl (C=O) groups is 1. The van der Waals surface area contributed by atoms with Gasteiger partial charge in [0, 0.05) is 32.1 Å². The third-order valence-corrected chi connectivity index (χ3v) is 4.31. The van der Waals surface area contributed by atoms with E-state index in [9.17, 15) is 9.18 Å². The average molecular weight is 383 g/mol. The molecule has 0 aliphatic rings. The molecule has 0 spiro atoms. The van der Waals surface area contributed by atoms with Crippen LogP contribution < -0.4 is 5.32 Å². The number of rotatable bonds is 9. The maximum atomic E-state index is 13.0. The van der Waals surface area contributed by atoms with Gasteiger partial charge in [-0.05, 0) is 36.2 Å². The molecule has 0 saturated heterocycles. The Kier molecular flexibility index (Phi) is 6.86. The largest absolute Gasteiger partial charge is 0.375 e. The zero-order valence-corrected chi connectivity index (χ0v) is 15.6. The zero-order chi connectivity index (χ0) is 19.8. The van der Waals surface area contributed by atoms with Crippen LogP contribution in [0.25, 0.3) is 11.4 Å². The number of amides is 1. The van der Waals surface area contributed by atoms with Gasteiger partial charge in [0.2, 0.25) is 17.6 Å². The van der Waals surface area contributed by atoms with E-state index >= 15 is 0 Å². The van der Waals surface area contributed by atoms with E-state index < -0.39 is 0 Å². The molecule has 146 valence electrons. The van der Waals surface area contributed by atoms with E-state index in [0.29, 0.717) is 43.1 Å². The van der Waals surface area contributed by atoms with Crippen LogP contribution >= 0.6 is 0 Å². The van der Waals surface area contributed by atoms with Crippen molar-refractivity contribution in [1.29, 1.82) is 0 Å². The Morgan fingerprint density at radius 1 is 1.18 bits per heavy atom. The van der Waals surface area contributed by atoms with Gasteiger partial charge in [-0.2, -0.15) is 4.98 Å². The van der Waals surface area contributed by atoms with Gasteiger partial charge in [-0.1, -0.05) is 35.5 Å². The van der Waals surface area contributed by atoms with Gasteiger partial charge in [0.15, 0.2) is 0 Å². The second kappa shape index (κ2) is 9.75. The summed E-state index contributed by atoms with van der Waals surface area (Å²) in [7, 11) is 1.62. The maximum absolute atomic E-state index is 13.0. The molecule has 1 aromatic heterocycles. The van der Waals surface area contributed by atoms with Gasteiger partial charge in [0.25, 0.3) is 0 Å². The molecular weight excluding hydrogens is 361 g/mol. The Bertz CT molecular complexity index is 881. The van der Waals surface area contributed by atoms with Crippen LogP contribution in [0.3, 0.4) is 0 Å². The highest BCUT2D eigenvalue weighted by molar-refractivity contribution is 5.75. The number of ether oxygens (including phenoxy) is 1. The molecule has 1 heterocycles. The molecule has 0 saturated carbocycles. The van der Waals surface area contributed by atoms with Crippen LogP contribution in [0.2, 0.25) is 0 Å². The molecule has 7 heteroatoms. The van der Waals surface area contributed by atoms with Crippen molar-refractivity contribution < 1.29 is 18.4 Å². The number of carbonyl (C=O) groups excluding carboxylic acids is 1. The van der Waals surface area contributed by atoms with E-state index in [1.807, 2.05) is 30.3 Å². The molecule has 6 nitrogen and oxygen atoms in total. The Hall–Kier alpha value is -3.06. The van der Waals surface area contributed by atoms with E-state index in [2.05, 4.69) is 15.5 Å². The molecule has 3 rings (SSSR count). The number of aryl methyl sites for hydroxylation is 1. The van der Waals surface area contributed by atoms with Crippen molar-refractivity contribution in [3.05, 3.63) is 71.9 Å². The van der Waals surface area contributed by atoms with Crippen LogP contribution in [0.4, 0.5) is 4.39 Å². The minimum atomic E-state index is -0.318. The molecule has 0 fully saturated rings. The first-order valence-electron chi connectivity index (χ1n) is 9.08. The molecular formula is C21H22FN3O3. The van der Waals surface area contributed by atoms with Crippen molar-refractivity contribution in [2.24, 2.45) is 0 Å². The first-order valence-corrected chi connectivity index (χ1v) is 9.08. The lowest BCUT2D eigenvalue weighted by Gasteiger charge is -2.16. The number of aromatic nitrogens is 2. The molecule has 3 aromatic rings. The Labute approximate surface area is 162 Å². The second-order valence-corrected chi connectivity index (χ2v) is 6.31. The fourth-order valence-corrected chi connectivity index (χ4v) is 2.77. The van der Waals surface area contributed by atoms with Gasteiger partial charge < -0.3 is 14.6 Å². The SMILES string of the molecule is COC(CNC(=O)CCCc1nc(-c2ccc(F)cc2)no1)c1ccccc1. The van der Waals surface area contributed by atoms with E-state index in [0.717, 1.165) is 5.56 Å². The van der Waals surface area contributed by atoms with E-state index in [4.69, 9.17) is 9.26 Å². The monoisotopic (exact) mass is 383 g/mol. The van der Waals surface area contributed by atoms with Crippen molar-refractivity contribution >= 4 is 5.91 Å². The van der Waals surface area contributed by atoms with Crippen molar-refractivity contribution in [1.82, 2.24) is 15.5 Å². The van der Waals surface area contributed by atoms with Gasteiger partial charge in [-0.3, -0.25) is 4.79 Å². The van der Waals surface area contributed by atoms with Crippen molar-refractivity contribution in [2.75, 3.05) is 13.7 Å². The van der Waals surface area contributed by atoms with E-state index in [1.165, 1.54) is 12.1 Å². The number of hydrogen-bond acceptors (Lipinski definition) is 5. The molecule has 28 heavy (non-hydrogen) atoms. The molecule has 0 aliphatic heterocycles.